The summed E-state index contributed by atoms with van der Waals surface area (Å²) in [6, 6.07) is 3.86. The number of imidazole rings is 1. The maximum Gasteiger partial charge on any atom is 0.278 e. The van der Waals surface area contributed by atoms with Gasteiger partial charge in [0.2, 0.25) is 0 Å². The molecule has 6 nitrogen and oxygen atoms in total. The third-order valence-corrected chi connectivity index (χ3v) is 3.76. The molecule has 0 atom stereocenters. The molecular weight excluding hydrogens is 291 g/mol. The Hall–Kier alpha value is -2.00. The first-order valence-electron chi connectivity index (χ1n) is 5.01. The lowest BCUT2D eigenvalue weighted by Crippen LogP contribution is -2.19. The summed E-state index contributed by atoms with van der Waals surface area (Å²) in [6.07, 6.45) is 2.34. The van der Waals surface area contributed by atoms with E-state index in [2.05, 4.69) is 14.7 Å². The Morgan fingerprint density at radius 3 is 2.79 bits per heavy atom. The van der Waals surface area contributed by atoms with Crippen LogP contribution in [0, 0.1) is 5.82 Å². The van der Waals surface area contributed by atoms with Crippen LogP contribution < -0.4 is 10.5 Å². The summed E-state index contributed by atoms with van der Waals surface area (Å²) in [7, 11) is -3.89. The van der Waals surface area contributed by atoms with E-state index in [1.54, 1.807) is 0 Å². The van der Waals surface area contributed by atoms with Gasteiger partial charge >= 0.3 is 0 Å². The van der Waals surface area contributed by atoms with E-state index in [4.69, 9.17) is 18.0 Å². The van der Waals surface area contributed by atoms with Gasteiger partial charge in [0.25, 0.3) is 10.0 Å². The second kappa shape index (κ2) is 4.94. The molecule has 2 aromatic rings. The van der Waals surface area contributed by atoms with Crippen LogP contribution in [-0.4, -0.2) is 23.4 Å². The summed E-state index contributed by atoms with van der Waals surface area (Å²) in [5.74, 6) is -0.697. The number of H-pyrrole nitrogens is 1. The van der Waals surface area contributed by atoms with Crippen molar-refractivity contribution in [3.8, 4) is 0 Å². The number of aromatic nitrogens is 2. The summed E-state index contributed by atoms with van der Waals surface area (Å²) in [5, 5.41) is -0.148. The molecule has 1 heterocycles. The summed E-state index contributed by atoms with van der Waals surface area (Å²) >= 11 is 4.71. The second-order valence-electron chi connectivity index (χ2n) is 3.55. The predicted molar refractivity (Wildman–Crippen MR) is 71.7 cm³/mol. The summed E-state index contributed by atoms with van der Waals surface area (Å²) in [5.41, 5.74) is 5.21. The van der Waals surface area contributed by atoms with E-state index in [1.807, 2.05) is 0 Å². The number of nitrogens with two attached hydrogens (primary N) is 1. The van der Waals surface area contributed by atoms with Crippen LogP contribution in [-0.2, 0) is 10.0 Å². The fourth-order valence-corrected chi connectivity index (χ4v) is 2.63. The zero-order chi connectivity index (χ0) is 14.0. The number of hydrogen-bond acceptors (Lipinski definition) is 4. The number of sulfonamides is 1. The topological polar surface area (TPSA) is 101 Å². The standard InChI is InChI=1S/C10H9FN4O2S2/c11-6-2-1-3-7(9(6)10(12)18)15-19(16,17)8-4-13-5-14-8/h1-5,15H,(H2,12,18)(H,13,14). The van der Waals surface area contributed by atoms with E-state index in [-0.39, 0.29) is 21.3 Å². The lowest BCUT2D eigenvalue weighted by atomic mass is 10.2. The van der Waals surface area contributed by atoms with Crippen LogP contribution in [0.1, 0.15) is 5.56 Å². The fraction of sp³-hybridized carbons (Fsp3) is 0. The molecule has 0 aliphatic carbocycles. The maximum absolute atomic E-state index is 13.6. The molecule has 1 aromatic carbocycles. The molecule has 4 N–H and O–H groups in total. The number of halogens is 1. The molecule has 1 aromatic heterocycles. The van der Waals surface area contributed by atoms with E-state index in [9.17, 15) is 12.8 Å². The predicted octanol–water partition coefficient (Wildman–Crippen LogP) is 0.984. The summed E-state index contributed by atoms with van der Waals surface area (Å²) in [4.78, 5) is 5.81. The minimum absolute atomic E-state index is 0.0258. The Kier molecular flexibility index (Phi) is 3.49. The highest BCUT2D eigenvalue weighted by Crippen LogP contribution is 2.21. The lowest BCUT2D eigenvalue weighted by Gasteiger charge is -2.11. The Labute approximate surface area is 113 Å². The van der Waals surface area contributed by atoms with Crippen molar-refractivity contribution in [1.82, 2.24) is 9.97 Å². The highest BCUT2D eigenvalue weighted by molar-refractivity contribution is 7.92. The van der Waals surface area contributed by atoms with Crippen LogP contribution in [0.3, 0.4) is 0 Å². The van der Waals surface area contributed by atoms with Gasteiger partial charge in [0, 0.05) is 0 Å². The number of nitrogens with one attached hydrogen (secondary N) is 2. The largest absolute Gasteiger partial charge is 0.389 e. The molecule has 0 saturated heterocycles. The SMILES string of the molecule is NC(=S)c1c(F)cccc1NS(=O)(=O)c1cnc[nH]1. The van der Waals surface area contributed by atoms with E-state index >= 15 is 0 Å². The Morgan fingerprint density at radius 2 is 2.21 bits per heavy atom. The molecule has 0 saturated carbocycles. The van der Waals surface area contributed by atoms with Gasteiger partial charge in [0.1, 0.15) is 10.8 Å². The van der Waals surface area contributed by atoms with Crippen molar-refractivity contribution in [2.75, 3.05) is 4.72 Å². The van der Waals surface area contributed by atoms with Gasteiger partial charge in [0.15, 0.2) is 5.03 Å². The van der Waals surface area contributed by atoms with Gasteiger partial charge in [-0.15, -0.1) is 0 Å². The third-order valence-electron chi connectivity index (χ3n) is 2.27. The molecule has 0 radical (unpaired) electrons. The van der Waals surface area contributed by atoms with E-state index in [0.717, 1.165) is 12.3 Å². The number of anilines is 1. The highest BCUT2D eigenvalue weighted by atomic mass is 32.2. The molecule has 100 valence electrons. The van der Waals surface area contributed by atoms with E-state index in [1.165, 1.54) is 18.5 Å². The average Bonchev–Trinajstić information content (AvgIpc) is 2.81. The minimum Gasteiger partial charge on any atom is -0.389 e. The number of hydrogen-bond donors (Lipinski definition) is 3. The smallest absolute Gasteiger partial charge is 0.278 e. The average molecular weight is 300 g/mol. The van der Waals surface area contributed by atoms with Crippen molar-refractivity contribution in [2.24, 2.45) is 5.73 Å². The molecule has 0 fully saturated rings. The lowest BCUT2D eigenvalue weighted by molar-refractivity contribution is 0.598. The van der Waals surface area contributed by atoms with E-state index in [0.29, 0.717) is 0 Å². The number of benzene rings is 1. The van der Waals surface area contributed by atoms with Gasteiger partial charge in [0.05, 0.1) is 23.8 Å². The van der Waals surface area contributed by atoms with Crippen LogP contribution >= 0.6 is 12.2 Å². The molecule has 0 amide bonds. The monoisotopic (exact) mass is 300 g/mol. The van der Waals surface area contributed by atoms with Crippen molar-refractivity contribution < 1.29 is 12.8 Å². The van der Waals surface area contributed by atoms with Gasteiger partial charge in [-0.25, -0.2) is 9.37 Å². The van der Waals surface area contributed by atoms with Crippen LogP contribution in [0.5, 0.6) is 0 Å². The molecule has 0 spiro atoms. The van der Waals surface area contributed by atoms with Crippen LogP contribution in [0.15, 0.2) is 35.7 Å². The third kappa shape index (κ3) is 2.71. The van der Waals surface area contributed by atoms with Crippen LogP contribution in [0.4, 0.5) is 10.1 Å². The first kappa shape index (κ1) is 13.4. The zero-order valence-corrected chi connectivity index (χ0v) is 11.1. The van der Waals surface area contributed by atoms with Crippen LogP contribution in [0.2, 0.25) is 0 Å². The molecule has 2 rings (SSSR count). The zero-order valence-electron chi connectivity index (χ0n) is 9.42. The molecule has 0 unspecified atom stereocenters. The van der Waals surface area contributed by atoms with E-state index < -0.39 is 15.8 Å². The first-order chi connectivity index (χ1) is 8.92. The first-order valence-corrected chi connectivity index (χ1v) is 6.90. The number of rotatable bonds is 4. The van der Waals surface area contributed by atoms with Crippen molar-refractivity contribution in [1.29, 1.82) is 0 Å². The molecule has 0 bridgehead atoms. The van der Waals surface area contributed by atoms with Crippen molar-refractivity contribution in [3.05, 3.63) is 42.1 Å². The number of aromatic amines is 1. The van der Waals surface area contributed by atoms with Crippen molar-refractivity contribution in [3.63, 3.8) is 0 Å². The van der Waals surface area contributed by atoms with Crippen LogP contribution in [0.25, 0.3) is 0 Å². The molecule has 0 aliphatic rings. The van der Waals surface area contributed by atoms with Crippen molar-refractivity contribution in [2.45, 2.75) is 5.03 Å². The van der Waals surface area contributed by atoms with Gasteiger partial charge in [-0.1, -0.05) is 18.3 Å². The Morgan fingerprint density at radius 1 is 1.47 bits per heavy atom. The van der Waals surface area contributed by atoms with Gasteiger partial charge in [-0.2, -0.15) is 8.42 Å². The minimum atomic E-state index is -3.89. The normalized spacial score (nSPS) is 11.2. The Balaban J connectivity index is 2.45. The quantitative estimate of drug-likeness (QED) is 0.731. The molecule has 9 heteroatoms. The Bertz CT molecular complexity index is 713. The molecule has 0 aliphatic heterocycles. The number of nitrogens with zero attached hydrogens (tertiary/aromatic N) is 1. The van der Waals surface area contributed by atoms with Gasteiger partial charge in [-0.05, 0) is 12.1 Å². The fourth-order valence-electron chi connectivity index (χ4n) is 1.45. The summed E-state index contributed by atoms with van der Waals surface area (Å²) < 4.78 is 39.7. The van der Waals surface area contributed by atoms with Gasteiger partial charge in [-0.3, -0.25) is 4.72 Å². The molecular formula is C10H9FN4O2S2. The number of thiocarbonyl (C=S) groups is 1. The highest BCUT2D eigenvalue weighted by Gasteiger charge is 2.19. The second-order valence-corrected chi connectivity index (χ2v) is 5.64. The van der Waals surface area contributed by atoms with Gasteiger partial charge < -0.3 is 10.7 Å². The summed E-state index contributed by atoms with van der Waals surface area (Å²) in [6.45, 7) is 0. The molecule has 19 heavy (non-hydrogen) atoms. The van der Waals surface area contributed by atoms with Crippen molar-refractivity contribution >= 4 is 32.9 Å². The maximum atomic E-state index is 13.6.